The lowest BCUT2D eigenvalue weighted by molar-refractivity contribution is -0.385. The molecule has 9 nitrogen and oxygen atoms in total. The van der Waals surface area contributed by atoms with Gasteiger partial charge in [0.1, 0.15) is 0 Å². The summed E-state index contributed by atoms with van der Waals surface area (Å²) in [6.07, 6.45) is 1.48. The van der Waals surface area contributed by atoms with Crippen molar-refractivity contribution >= 4 is 28.1 Å². The number of nitro benzene ring substituents is 1. The minimum Gasteiger partial charge on any atom is -0.493 e. The molecular weight excluding hydrogens is 396 g/mol. The molecule has 0 N–H and O–H groups in total. The van der Waals surface area contributed by atoms with Gasteiger partial charge >= 0.3 is 0 Å². The van der Waals surface area contributed by atoms with Crippen LogP contribution in [0.3, 0.4) is 0 Å². The van der Waals surface area contributed by atoms with Crippen molar-refractivity contribution in [1.82, 2.24) is 14.6 Å². The van der Waals surface area contributed by atoms with E-state index in [9.17, 15) is 14.9 Å². The van der Waals surface area contributed by atoms with Gasteiger partial charge in [-0.25, -0.2) is 0 Å². The Labute approximate surface area is 167 Å². The fourth-order valence-corrected chi connectivity index (χ4v) is 3.75. The monoisotopic (exact) mass is 410 g/mol. The van der Waals surface area contributed by atoms with Gasteiger partial charge in [0.2, 0.25) is 4.96 Å². The molecule has 4 aromatic rings. The van der Waals surface area contributed by atoms with Crippen molar-refractivity contribution in [2.75, 3.05) is 14.2 Å². The molecule has 2 aromatic heterocycles. The zero-order valence-electron chi connectivity index (χ0n) is 15.4. The van der Waals surface area contributed by atoms with Crippen LogP contribution in [0, 0.1) is 10.1 Å². The molecule has 0 saturated carbocycles. The van der Waals surface area contributed by atoms with E-state index in [4.69, 9.17) is 9.47 Å². The predicted molar refractivity (Wildman–Crippen MR) is 108 cm³/mol. The van der Waals surface area contributed by atoms with Crippen molar-refractivity contribution in [2.24, 2.45) is 0 Å². The molecule has 0 unspecified atom stereocenters. The van der Waals surface area contributed by atoms with Gasteiger partial charge in [-0.15, -0.1) is 5.10 Å². The van der Waals surface area contributed by atoms with Gasteiger partial charge in [0.15, 0.2) is 17.3 Å². The summed E-state index contributed by atoms with van der Waals surface area (Å²) in [5.41, 5.74) is 0.556. The van der Waals surface area contributed by atoms with Gasteiger partial charge in [-0.3, -0.25) is 14.9 Å². The smallest absolute Gasteiger partial charge is 0.291 e. The van der Waals surface area contributed by atoms with E-state index < -0.39 is 4.92 Å². The first-order valence-corrected chi connectivity index (χ1v) is 9.20. The van der Waals surface area contributed by atoms with Crippen LogP contribution < -0.4 is 19.6 Å². The second-order valence-corrected chi connectivity index (χ2v) is 6.94. The number of hydrogen-bond donors (Lipinski definition) is 0. The van der Waals surface area contributed by atoms with Crippen molar-refractivity contribution in [3.05, 3.63) is 73.0 Å². The Kier molecular flexibility index (Phi) is 4.69. The average Bonchev–Trinajstić information content (AvgIpc) is 3.27. The van der Waals surface area contributed by atoms with Gasteiger partial charge in [0.05, 0.1) is 29.2 Å². The lowest BCUT2D eigenvalue weighted by Gasteiger charge is -2.07. The third kappa shape index (κ3) is 3.29. The molecule has 2 aromatic carbocycles. The Hall–Kier alpha value is -3.79. The molecule has 0 aliphatic carbocycles. The molecule has 0 aliphatic heterocycles. The molecule has 2 heterocycles. The summed E-state index contributed by atoms with van der Waals surface area (Å²) in [7, 11) is 3.07. The van der Waals surface area contributed by atoms with Crippen LogP contribution in [0.1, 0.15) is 5.56 Å². The number of ether oxygens (including phenoxy) is 2. The third-order valence-electron chi connectivity index (χ3n) is 4.24. The van der Waals surface area contributed by atoms with Crippen molar-refractivity contribution < 1.29 is 14.4 Å². The number of thiazole rings is 1. The number of hydrogen-bond acceptors (Lipinski definition) is 8. The van der Waals surface area contributed by atoms with Crippen LogP contribution in [0.2, 0.25) is 0 Å². The van der Waals surface area contributed by atoms with Crippen LogP contribution in [0.15, 0.2) is 47.3 Å². The van der Waals surface area contributed by atoms with Gasteiger partial charge < -0.3 is 9.47 Å². The van der Waals surface area contributed by atoms with Gasteiger partial charge in [-0.1, -0.05) is 23.5 Å². The Morgan fingerprint density at radius 3 is 2.59 bits per heavy atom. The Morgan fingerprint density at radius 1 is 1.14 bits per heavy atom. The highest BCUT2D eigenvalue weighted by Crippen LogP contribution is 2.31. The van der Waals surface area contributed by atoms with Gasteiger partial charge in [0, 0.05) is 11.6 Å². The topological polar surface area (TPSA) is 109 Å². The van der Waals surface area contributed by atoms with E-state index >= 15 is 0 Å². The number of nitro groups is 1. The van der Waals surface area contributed by atoms with E-state index in [1.54, 1.807) is 43.5 Å². The van der Waals surface area contributed by atoms with Crippen molar-refractivity contribution in [1.29, 1.82) is 0 Å². The lowest BCUT2D eigenvalue weighted by atomic mass is 10.2. The Balaban J connectivity index is 1.80. The predicted octanol–water partition coefficient (Wildman–Crippen LogP) is 2.29. The highest BCUT2D eigenvalue weighted by atomic mass is 32.1. The van der Waals surface area contributed by atoms with Gasteiger partial charge in [0.25, 0.3) is 11.2 Å². The van der Waals surface area contributed by atoms with Crippen LogP contribution in [0.25, 0.3) is 22.4 Å². The van der Waals surface area contributed by atoms with E-state index in [1.807, 2.05) is 0 Å². The normalized spacial score (nSPS) is 11.7. The average molecular weight is 410 g/mol. The second-order valence-electron chi connectivity index (χ2n) is 5.93. The lowest BCUT2D eigenvalue weighted by Crippen LogP contribution is -2.23. The molecule has 0 amide bonds. The van der Waals surface area contributed by atoms with E-state index in [1.165, 1.54) is 23.8 Å². The first kappa shape index (κ1) is 18.6. The zero-order valence-corrected chi connectivity index (χ0v) is 16.2. The summed E-state index contributed by atoms with van der Waals surface area (Å²) in [5.74, 6) is 1.46. The number of rotatable bonds is 5. The number of nitrogens with zero attached hydrogens (tertiary/aromatic N) is 4. The number of aromatic nitrogens is 3. The summed E-state index contributed by atoms with van der Waals surface area (Å²) in [6, 6.07) is 11.5. The summed E-state index contributed by atoms with van der Waals surface area (Å²) in [5, 5.41) is 15.5. The largest absolute Gasteiger partial charge is 0.493 e. The van der Waals surface area contributed by atoms with Crippen molar-refractivity contribution in [3.8, 4) is 22.9 Å². The number of fused-ring (bicyclic) bond motifs is 1. The fourth-order valence-electron chi connectivity index (χ4n) is 2.85. The third-order valence-corrected chi connectivity index (χ3v) is 5.20. The molecule has 4 rings (SSSR count). The molecule has 29 heavy (non-hydrogen) atoms. The summed E-state index contributed by atoms with van der Waals surface area (Å²) < 4.78 is 12.0. The first-order valence-electron chi connectivity index (χ1n) is 8.39. The van der Waals surface area contributed by atoms with Crippen LogP contribution in [0.4, 0.5) is 5.69 Å². The first-order chi connectivity index (χ1) is 14.0. The minimum atomic E-state index is -0.484. The maximum Gasteiger partial charge on any atom is 0.291 e. The fraction of sp³-hybridized carbons (Fsp3) is 0.105. The zero-order chi connectivity index (χ0) is 20.5. The van der Waals surface area contributed by atoms with Crippen molar-refractivity contribution in [2.45, 2.75) is 0 Å². The van der Waals surface area contributed by atoms with Gasteiger partial charge in [-0.2, -0.15) is 9.50 Å². The molecule has 0 spiro atoms. The molecule has 0 aliphatic rings. The molecule has 10 heteroatoms. The van der Waals surface area contributed by atoms with Crippen LogP contribution in [0.5, 0.6) is 11.5 Å². The molecule has 0 fully saturated rings. The number of para-hydroxylation sites is 1. The standard InChI is InChI=1S/C19H14N4O5S/c1-27-14-8-7-12(9-15(14)28-2)17-20-19-22(21-17)18(24)16(29-19)10-11-5-3-4-6-13(11)23(25)26/h3-10H,1-2H3/b16-10-. The van der Waals surface area contributed by atoms with E-state index in [0.29, 0.717) is 37.9 Å². The quantitative estimate of drug-likeness (QED) is 0.367. The Bertz CT molecular complexity index is 1340. The summed E-state index contributed by atoms with van der Waals surface area (Å²) in [6.45, 7) is 0. The molecule has 0 atom stereocenters. The highest BCUT2D eigenvalue weighted by Gasteiger charge is 2.15. The summed E-state index contributed by atoms with van der Waals surface area (Å²) >= 11 is 1.12. The molecule has 146 valence electrons. The minimum absolute atomic E-state index is 0.0723. The number of benzene rings is 2. The molecule has 0 radical (unpaired) electrons. The maximum absolute atomic E-state index is 12.7. The van der Waals surface area contributed by atoms with Crippen LogP contribution in [-0.2, 0) is 0 Å². The van der Waals surface area contributed by atoms with E-state index in [-0.39, 0.29) is 11.2 Å². The molecular formula is C19H14N4O5S. The maximum atomic E-state index is 12.7. The SMILES string of the molecule is COc1ccc(-c2nc3s/c(=C\c4ccccc4[N+](=O)[O-])c(=O)n3n2)cc1OC. The van der Waals surface area contributed by atoms with E-state index in [0.717, 1.165) is 11.3 Å². The summed E-state index contributed by atoms with van der Waals surface area (Å²) in [4.78, 5) is 28.2. The van der Waals surface area contributed by atoms with Gasteiger partial charge in [-0.05, 0) is 30.3 Å². The molecule has 0 bridgehead atoms. The van der Waals surface area contributed by atoms with Crippen LogP contribution >= 0.6 is 11.3 Å². The highest BCUT2D eigenvalue weighted by molar-refractivity contribution is 7.15. The van der Waals surface area contributed by atoms with E-state index in [2.05, 4.69) is 10.1 Å². The second kappa shape index (κ2) is 7.32. The Morgan fingerprint density at radius 2 is 1.90 bits per heavy atom. The van der Waals surface area contributed by atoms with Crippen molar-refractivity contribution in [3.63, 3.8) is 0 Å². The number of methoxy groups -OCH3 is 2. The van der Waals surface area contributed by atoms with Crippen LogP contribution in [-0.4, -0.2) is 33.7 Å². The molecule has 0 saturated heterocycles.